The SMILES string of the molecule is Cc1cc(C)cc(-c2nc(C)n(C(C)(C)C)c2N)c1. The number of hydrogen-bond acceptors (Lipinski definition) is 2. The second-order valence-corrected chi connectivity index (χ2v) is 6.28. The quantitative estimate of drug-likeness (QED) is 0.844. The summed E-state index contributed by atoms with van der Waals surface area (Å²) in [5.74, 6) is 1.70. The zero-order valence-corrected chi connectivity index (χ0v) is 12.7. The predicted molar refractivity (Wildman–Crippen MR) is 81.3 cm³/mol. The number of benzene rings is 1. The third-order valence-corrected chi connectivity index (χ3v) is 3.25. The Kier molecular flexibility index (Phi) is 3.17. The first-order chi connectivity index (χ1) is 8.70. The Bertz CT molecular complexity index is 595. The molecule has 0 saturated carbocycles. The molecule has 1 aromatic heterocycles. The first-order valence-corrected chi connectivity index (χ1v) is 6.64. The van der Waals surface area contributed by atoms with Crippen molar-refractivity contribution in [1.29, 1.82) is 0 Å². The lowest BCUT2D eigenvalue weighted by molar-refractivity contribution is 0.393. The Morgan fingerprint density at radius 2 is 1.53 bits per heavy atom. The summed E-state index contributed by atoms with van der Waals surface area (Å²) < 4.78 is 2.10. The van der Waals surface area contributed by atoms with Crippen molar-refractivity contribution in [2.75, 3.05) is 5.73 Å². The van der Waals surface area contributed by atoms with Gasteiger partial charge in [0.1, 0.15) is 17.3 Å². The molecule has 0 bridgehead atoms. The maximum atomic E-state index is 6.32. The summed E-state index contributed by atoms with van der Waals surface area (Å²) in [6, 6.07) is 6.43. The van der Waals surface area contributed by atoms with Crippen molar-refractivity contribution in [3.63, 3.8) is 0 Å². The van der Waals surface area contributed by atoms with Gasteiger partial charge in [0.15, 0.2) is 0 Å². The van der Waals surface area contributed by atoms with Gasteiger partial charge in [0, 0.05) is 11.1 Å². The highest BCUT2D eigenvalue weighted by atomic mass is 15.2. The van der Waals surface area contributed by atoms with Gasteiger partial charge in [0.25, 0.3) is 0 Å². The van der Waals surface area contributed by atoms with E-state index in [1.807, 2.05) is 6.92 Å². The Labute approximate surface area is 115 Å². The number of hydrogen-bond donors (Lipinski definition) is 1. The Morgan fingerprint density at radius 1 is 1.00 bits per heavy atom. The predicted octanol–water partition coefficient (Wildman–Crippen LogP) is 3.81. The van der Waals surface area contributed by atoms with Crippen LogP contribution in [0.25, 0.3) is 11.3 Å². The van der Waals surface area contributed by atoms with Crippen molar-refractivity contribution in [2.24, 2.45) is 0 Å². The van der Waals surface area contributed by atoms with Crippen molar-refractivity contribution in [1.82, 2.24) is 9.55 Å². The standard InChI is InChI=1S/C16H23N3/c1-10-7-11(2)9-13(8-10)14-15(17)19(12(3)18-14)16(4,5)6/h7-9H,17H2,1-6H3. The van der Waals surface area contributed by atoms with Crippen LogP contribution in [0.1, 0.15) is 37.7 Å². The van der Waals surface area contributed by atoms with Gasteiger partial charge in [-0.1, -0.05) is 17.2 Å². The van der Waals surface area contributed by atoms with Crippen LogP contribution >= 0.6 is 0 Å². The number of aromatic nitrogens is 2. The van der Waals surface area contributed by atoms with Crippen molar-refractivity contribution in [2.45, 2.75) is 47.1 Å². The van der Waals surface area contributed by atoms with Gasteiger partial charge >= 0.3 is 0 Å². The molecule has 2 rings (SSSR count). The van der Waals surface area contributed by atoms with Gasteiger partial charge in [0.2, 0.25) is 0 Å². The van der Waals surface area contributed by atoms with Gasteiger partial charge in [-0.2, -0.15) is 0 Å². The molecule has 0 aliphatic rings. The van der Waals surface area contributed by atoms with Crippen molar-refractivity contribution < 1.29 is 0 Å². The van der Waals surface area contributed by atoms with Crippen LogP contribution in [0, 0.1) is 20.8 Å². The maximum Gasteiger partial charge on any atom is 0.132 e. The average molecular weight is 257 g/mol. The summed E-state index contributed by atoms with van der Waals surface area (Å²) in [7, 11) is 0. The van der Waals surface area contributed by atoms with E-state index >= 15 is 0 Å². The van der Waals surface area contributed by atoms with Crippen LogP contribution in [0.2, 0.25) is 0 Å². The van der Waals surface area contributed by atoms with Crippen LogP contribution in [0.4, 0.5) is 5.82 Å². The van der Waals surface area contributed by atoms with Crippen LogP contribution in [0.15, 0.2) is 18.2 Å². The van der Waals surface area contributed by atoms with Crippen LogP contribution in [0.3, 0.4) is 0 Å². The number of anilines is 1. The van der Waals surface area contributed by atoms with E-state index in [9.17, 15) is 0 Å². The van der Waals surface area contributed by atoms with E-state index in [4.69, 9.17) is 5.73 Å². The Morgan fingerprint density at radius 3 is 1.95 bits per heavy atom. The Hall–Kier alpha value is -1.77. The van der Waals surface area contributed by atoms with Crippen molar-refractivity contribution in [3.8, 4) is 11.3 Å². The Balaban J connectivity index is 2.65. The number of nitrogens with zero attached hydrogens (tertiary/aromatic N) is 2. The number of imidazole rings is 1. The molecular formula is C16H23N3. The lowest BCUT2D eigenvalue weighted by Crippen LogP contribution is -2.24. The largest absolute Gasteiger partial charge is 0.383 e. The molecule has 19 heavy (non-hydrogen) atoms. The highest BCUT2D eigenvalue weighted by Crippen LogP contribution is 2.31. The van der Waals surface area contributed by atoms with E-state index in [-0.39, 0.29) is 5.54 Å². The van der Waals surface area contributed by atoms with E-state index in [2.05, 4.69) is 62.4 Å². The molecule has 102 valence electrons. The number of nitrogens with two attached hydrogens (primary N) is 1. The highest BCUT2D eigenvalue weighted by Gasteiger charge is 2.22. The van der Waals surface area contributed by atoms with E-state index in [1.165, 1.54) is 11.1 Å². The maximum absolute atomic E-state index is 6.32. The molecule has 0 aliphatic carbocycles. The second kappa shape index (κ2) is 4.41. The van der Waals surface area contributed by atoms with E-state index in [1.54, 1.807) is 0 Å². The lowest BCUT2D eigenvalue weighted by atomic mass is 10.0. The van der Waals surface area contributed by atoms with Crippen LogP contribution in [0.5, 0.6) is 0 Å². The molecule has 0 radical (unpaired) electrons. The lowest BCUT2D eigenvalue weighted by Gasteiger charge is -2.24. The van der Waals surface area contributed by atoms with E-state index in [0.717, 1.165) is 22.9 Å². The fourth-order valence-electron chi connectivity index (χ4n) is 2.72. The first-order valence-electron chi connectivity index (χ1n) is 6.64. The summed E-state index contributed by atoms with van der Waals surface area (Å²) in [5.41, 5.74) is 10.7. The minimum absolute atomic E-state index is 0.0573. The second-order valence-electron chi connectivity index (χ2n) is 6.28. The molecule has 0 unspecified atom stereocenters. The first kappa shape index (κ1) is 13.7. The minimum atomic E-state index is -0.0573. The van der Waals surface area contributed by atoms with Crippen molar-refractivity contribution >= 4 is 5.82 Å². The van der Waals surface area contributed by atoms with Crippen LogP contribution < -0.4 is 5.73 Å². The summed E-state index contributed by atoms with van der Waals surface area (Å²) in [6.45, 7) is 12.6. The van der Waals surface area contributed by atoms with E-state index < -0.39 is 0 Å². The summed E-state index contributed by atoms with van der Waals surface area (Å²) >= 11 is 0. The molecular weight excluding hydrogens is 234 g/mol. The molecule has 0 fully saturated rings. The summed E-state index contributed by atoms with van der Waals surface area (Å²) in [4.78, 5) is 4.67. The molecule has 3 nitrogen and oxygen atoms in total. The third-order valence-electron chi connectivity index (χ3n) is 3.25. The van der Waals surface area contributed by atoms with Crippen LogP contribution in [-0.2, 0) is 5.54 Å². The number of rotatable bonds is 1. The van der Waals surface area contributed by atoms with E-state index in [0.29, 0.717) is 0 Å². The monoisotopic (exact) mass is 257 g/mol. The van der Waals surface area contributed by atoms with Gasteiger partial charge in [0.05, 0.1) is 0 Å². The normalized spacial score (nSPS) is 11.9. The molecule has 0 atom stereocenters. The molecule has 1 aromatic carbocycles. The molecule has 0 amide bonds. The summed E-state index contributed by atoms with van der Waals surface area (Å²) in [6.07, 6.45) is 0. The zero-order valence-electron chi connectivity index (χ0n) is 12.7. The summed E-state index contributed by atoms with van der Waals surface area (Å²) in [5, 5.41) is 0. The number of nitrogen functional groups attached to an aromatic ring is 1. The fourth-order valence-corrected chi connectivity index (χ4v) is 2.72. The molecule has 0 spiro atoms. The zero-order chi connectivity index (χ0) is 14.4. The fraction of sp³-hybridized carbons (Fsp3) is 0.438. The van der Waals surface area contributed by atoms with Gasteiger partial charge < -0.3 is 10.3 Å². The highest BCUT2D eigenvalue weighted by molar-refractivity contribution is 5.72. The average Bonchev–Trinajstić information content (AvgIpc) is 2.51. The minimum Gasteiger partial charge on any atom is -0.383 e. The van der Waals surface area contributed by atoms with Crippen LogP contribution in [-0.4, -0.2) is 9.55 Å². The number of aryl methyl sites for hydroxylation is 3. The van der Waals surface area contributed by atoms with Gasteiger partial charge in [-0.05, 0) is 53.7 Å². The molecule has 2 N–H and O–H groups in total. The molecule has 0 saturated heterocycles. The molecule has 3 heteroatoms. The smallest absolute Gasteiger partial charge is 0.132 e. The van der Waals surface area contributed by atoms with Crippen molar-refractivity contribution in [3.05, 3.63) is 35.2 Å². The topological polar surface area (TPSA) is 43.8 Å². The molecule has 2 aromatic rings. The van der Waals surface area contributed by atoms with Gasteiger partial charge in [-0.25, -0.2) is 4.98 Å². The van der Waals surface area contributed by atoms with Gasteiger partial charge in [-0.15, -0.1) is 0 Å². The van der Waals surface area contributed by atoms with Gasteiger partial charge in [-0.3, -0.25) is 0 Å². The molecule has 1 heterocycles. The molecule has 0 aliphatic heterocycles. The third kappa shape index (κ3) is 2.50.